The SMILES string of the molecule is COCCNC(=O)c1ccc([N+](=O)[O-])cc1Br. The van der Waals surface area contributed by atoms with E-state index < -0.39 is 4.92 Å². The number of halogens is 1. The Kier molecular flexibility index (Phi) is 5.05. The van der Waals surface area contributed by atoms with Gasteiger partial charge in [-0.25, -0.2) is 0 Å². The Labute approximate surface area is 106 Å². The minimum atomic E-state index is -0.517. The summed E-state index contributed by atoms with van der Waals surface area (Å²) < 4.78 is 5.18. The van der Waals surface area contributed by atoms with Gasteiger partial charge in [0.05, 0.1) is 17.1 Å². The molecule has 1 aromatic carbocycles. The summed E-state index contributed by atoms with van der Waals surface area (Å²) in [7, 11) is 1.54. The molecule has 0 aliphatic rings. The van der Waals surface area contributed by atoms with Crippen molar-refractivity contribution in [3.05, 3.63) is 38.3 Å². The average Bonchev–Trinajstić information content (AvgIpc) is 2.28. The van der Waals surface area contributed by atoms with Gasteiger partial charge in [-0.3, -0.25) is 14.9 Å². The van der Waals surface area contributed by atoms with E-state index in [0.29, 0.717) is 23.2 Å². The number of hydrogen-bond acceptors (Lipinski definition) is 4. The van der Waals surface area contributed by atoms with Gasteiger partial charge in [0.1, 0.15) is 0 Å². The van der Waals surface area contributed by atoms with Crippen LogP contribution in [0.1, 0.15) is 10.4 Å². The van der Waals surface area contributed by atoms with Crippen LogP contribution in [0.2, 0.25) is 0 Å². The van der Waals surface area contributed by atoms with Crippen LogP contribution in [-0.4, -0.2) is 31.1 Å². The van der Waals surface area contributed by atoms with E-state index in [1.165, 1.54) is 25.3 Å². The Bertz CT molecular complexity index is 436. The van der Waals surface area contributed by atoms with Crippen LogP contribution in [0.15, 0.2) is 22.7 Å². The monoisotopic (exact) mass is 302 g/mol. The van der Waals surface area contributed by atoms with Gasteiger partial charge in [-0.15, -0.1) is 0 Å². The first-order chi connectivity index (χ1) is 8.06. The molecule has 1 N–H and O–H groups in total. The number of nitrogens with one attached hydrogen (secondary N) is 1. The Hall–Kier alpha value is -1.47. The van der Waals surface area contributed by atoms with E-state index in [2.05, 4.69) is 21.2 Å². The first kappa shape index (κ1) is 13.6. The average molecular weight is 303 g/mol. The summed E-state index contributed by atoms with van der Waals surface area (Å²) in [6.45, 7) is 0.801. The Morgan fingerprint density at radius 3 is 2.82 bits per heavy atom. The van der Waals surface area contributed by atoms with Crippen LogP contribution in [0.5, 0.6) is 0 Å². The highest BCUT2D eigenvalue weighted by Gasteiger charge is 2.13. The maximum Gasteiger partial charge on any atom is 0.270 e. The molecular formula is C10H11BrN2O4. The van der Waals surface area contributed by atoms with Gasteiger partial charge in [-0.1, -0.05) is 0 Å². The topological polar surface area (TPSA) is 81.5 Å². The number of nitro benzene ring substituents is 1. The third kappa shape index (κ3) is 3.79. The smallest absolute Gasteiger partial charge is 0.270 e. The number of ether oxygens (including phenoxy) is 1. The van der Waals surface area contributed by atoms with Crippen molar-refractivity contribution in [2.75, 3.05) is 20.3 Å². The molecule has 0 aliphatic heterocycles. The van der Waals surface area contributed by atoms with E-state index in [1.807, 2.05) is 0 Å². The van der Waals surface area contributed by atoms with E-state index in [4.69, 9.17) is 4.74 Å². The third-order valence-electron chi connectivity index (χ3n) is 2.00. The maximum atomic E-state index is 11.7. The summed E-state index contributed by atoms with van der Waals surface area (Å²) in [6.07, 6.45) is 0. The van der Waals surface area contributed by atoms with Gasteiger partial charge in [0.2, 0.25) is 0 Å². The summed E-state index contributed by atoms with van der Waals surface area (Å²) in [5, 5.41) is 13.1. The number of nitro groups is 1. The number of carbonyl (C=O) groups excluding carboxylic acids is 1. The molecule has 17 heavy (non-hydrogen) atoms. The van der Waals surface area contributed by atoms with Crippen LogP contribution in [0.25, 0.3) is 0 Å². The molecule has 1 aromatic rings. The standard InChI is InChI=1S/C10H11BrN2O4/c1-17-5-4-12-10(14)8-3-2-7(13(15)16)6-9(8)11/h2-3,6H,4-5H2,1H3,(H,12,14). The largest absolute Gasteiger partial charge is 0.383 e. The van der Waals surface area contributed by atoms with E-state index in [9.17, 15) is 14.9 Å². The molecule has 0 saturated heterocycles. The highest BCUT2D eigenvalue weighted by molar-refractivity contribution is 9.10. The predicted molar refractivity (Wildman–Crippen MR) is 65.0 cm³/mol. The van der Waals surface area contributed by atoms with Crippen molar-refractivity contribution in [1.29, 1.82) is 0 Å². The van der Waals surface area contributed by atoms with Crippen molar-refractivity contribution >= 4 is 27.5 Å². The lowest BCUT2D eigenvalue weighted by molar-refractivity contribution is -0.384. The number of amides is 1. The molecule has 6 nitrogen and oxygen atoms in total. The molecule has 0 unspecified atom stereocenters. The summed E-state index contributed by atoms with van der Waals surface area (Å²) in [5.41, 5.74) is 0.289. The molecule has 92 valence electrons. The minimum Gasteiger partial charge on any atom is -0.383 e. The zero-order valence-electron chi connectivity index (χ0n) is 9.10. The second-order valence-corrected chi connectivity index (χ2v) is 4.02. The van der Waals surface area contributed by atoms with Crippen molar-refractivity contribution in [3.63, 3.8) is 0 Å². The van der Waals surface area contributed by atoms with Gasteiger partial charge in [0, 0.05) is 30.3 Å². The van der Waals surface area contributed by atoms with Crippen molar-refractivity contribution < 1.29 is 14.5 Å². The quantitative estimate of drug-likeness (QED) is 0.510. The second kappa shape index (κ2) is 6.31. The number of hydrogen-bond donors (Lipinski definition) is 1. The van der Waals surface area contributed by atoms with Gasteiger partial charge < -0.3 is 10.1 Å². The maximum absolute atomic E-state index is 11.7. The Balaban J connectivity index is 2.78. The van der Waals surface area contributed by atoms with Gasteiger partial charge >= 0.3 is 0 Å². The van der Waals surface area contributed by atoms with E-state index >= 15 is 0 Å². The molecule has 0 atom stereocenters. The molecule has 0 aromatic heterocycles. The van der Waals surface area contributed by atoms with Crippen LogP contribution in [0.4, 0.5) is 5.69 Å². The van der Waals surface area contributed by atoms with Crippen LogP contribution in [0.3, 0.4) is 0 Å². The molecule has 0 heterocycles. The predicted octanol–water partition coefficient (Wildman–Crippen LogP) is 1.73. The van der Waals surface area contributed by atoms with Crippen molar-refractivity contribution in [2.24, 2.45) is 0 Å². The van der Waals surface area contributed by atoms with Gasteiger partial charge in [0.15, 0.2) is 0 Å². The number of rotatable bonds is 5. The summed E-state index contributed by atoms with van der Waals surface area (Å²) in [5.74, 6) is -0.302. The van der Waals surface area contributed by atoms with Crippen molar-refractivity contribution in [2.45, 2.75) is 0 Å². The molecule has 0 bridgehead atoms. The molecular weight excluding hydrogens is 292 g/mol. The molecule has 7 heteroatoms. The number of methoxy groups -OCH3 is 1. The highest BCUT2D eigenvalue weighted by atomic mass is 79.9. The number of benzene rings is 1. The van der Waals surface area contributed by atoms with Crippen LogP contribution < -0.4 is 5.32 Å². The van der Waals surface area contributed by atoms with Crippen LogP contribution >= 0.6 is 15.9 Å². The molecule has 0 saturated carbocycles. The number of nitrogens with zero attached hydrogens (tertiary/aromatic N) is 1. The van der Waals surface area contributed by atoms with E-state index in [0.717, 1.165) is 0 Å². The summed E-state index contributed by atoms with van der Waals surface area (Å²) >= 11 is 3.13. The van der Waals surface area contributed by atoms with E-state index in [-0.39, 0.29) is 11.6 Å². The number of non-ortho nitro benzene ring substituents is 1. The first-order valence-electron chi connectivity index (χ1n) is 4.77. The fourth-order valence-corrected chi connectivity index (χ4v) is 1.71. The Morgan fingerprint density at radius 2 is 2.29 bits per heavy atom. The fourth-order valence-electron chi connectivity index (χ4n) is 1.16. The summed E-state index contributed by atoms with van der Waals surface area (Å²) in [4.78, 5) is 21.7. The fraction of sp³-hybridized carbons (Fsp3) is 0.300. The molecule has 0 radical (unpaired) electrons. The first-order valence-corrected chi connectivity index (χ1v) is 5.56. The van der Waals surface area contributed by atoms with Gasteiger partial charge in [0.25, 0.3) is 11.6 Å². The normalized spacial score (nSPS) is 10.0. The highest BCUT2D eigenvalue weighted by Crippen LogP contribution is 2.22. The molecule has 1 amide bonds. The Morgan fingerprint density at radius 1 is 1.59 bits per heavy atom. The minimum absolute atomic E-state index is 0.0645. The van der Waals surface area contributed by atoms with Gasteiger partial charge in [-0.05, 0) is 22.0 Å². The lowest BCUT2D eigenvalue weighted by Crippen LogP contribution is -2.27. The number of carbonyl (C=O) groups is 1. The zero-order chi connectivity index (χ0) is 12.8. The van der Waals surface area contributed by atoms with Crippen LogP contribution in [-0.2, 0) is 4.74 Å². The van der Waals surface area contributed by atoms with Crippen molar-refractivity contribution in [1.82, 2.24) is 5.32 Å². The van der Waals surface area contributed by atoms with E-state index in [1.54, 1.807) is 0 Å². The lowest BCUT2D eigenvalue weighted by atomic mass is 10.2. The molecule has 0 spiro atoms. The molecule has 1 rings (SSSR count). The lowest BCUT2D eigenvalue weighted by Gasteiger charge is -2.06. The second-order valence-electron chi connectivity index (χ2n) is 3.17. The molecule has 0 aliphatic carbocycles. The third-order valence-corrected chi connectivity index (χ3v) is 2.66. The summed E-state index contributed by atoms with van der Waals surface area (Å²) in [6, 6.07) is 3.99. The van der Waals surface area contributed by atoms with Crippen molar-refractivity contribution in [3.8, 4) is 0 Å². The zero-order valence-corrected chi connectivity index (χ0v) is 10.7. The van der Waals surface area contributed by atoms with Crippen LogP contribution in [0, 0.1) is 10.1 Å². The van der Waals surface area contributed by atoms with Gasteiger partial charge in [-0.2, -0.15) is 0 Å². The molecule has 0 fully saturated rings.